The largest absolute Gasteiger partial charge is 0.507 e. The Labute approximate surface area is 90.5 Å². The topological polar surface area (TPSA) is 57.5 Å². The van der Waals surface area contributed by atoms with Crippen molar-refractivity contribution in [2.75, 3.05) is 0 Å². The van der Waals surface area contributed by atoms with Gasteiger partial charge < -0.3 is 10.2 Å². The highest BCUT2D eigenvalue weighted by atomic mass is 35.5. The van der Waals surface area contributed by atoms with Crippen LogP contribution in [0.25, 0.3) is 10.8 Å². The molecule has 2 aromatic rings. The minimum Gasteiger partial charge on any atom is -0.507 e. The number of hydrogen-bond donors (Lipinski definition) is 2. The predicted molar refractivity (Wildman–Crippen MR) is 57.6 cm³/mol. The number of aromatic carboxylic acids is 1. The molecule has 2 rings (SSSR count). The molecule has 0 unspecified atom stereocenters. The summed E-state index contributed by atoms with van der Waals surface area (Å²) >= 11 is 5.90. The number of aromatic hydroxyl groups is 1. The summed E-state index contributed by atoms with van der Waals surface area (Å²) in [5.74, 6) is -1.04. The number of hydrogen-bond acceptors (Lipinski definition) is 2. The molecule has 0 aliphatic heterocycles. The van der Waals surface area contributed by atoms with E-state index >= 15 is 0 Å². The van der Waals surface area contributed by atoms with Gasteiger partial charge in [0.25, 0.3) is 0 Å². The molecule has 0 aliphatic carbocycles. The van der Waals surface area contributed by atoms with Gasteiger partial charge in [0, 0.05) is 15.8 Å². The van der Waals surface area contributed by atoms with Gasteiger partial charge in [0.2, 0.25) is 0 Å². The Bertz CT molecular complexity index is 549. The highest BCUT2D eigenvalue weighted by molar-refractivity contribution is 6.37. The van der Waals surface area contributed by atoms with E-state index in [4.69, 9.17) is 16.7 Å². The van der Waals surface area contributed by atoms with E-state index in [9.17, 15) is 9.90 Å². The SMILES string of the molecule is O=C(O)c1cccc2c(O)ccc(Cl)c12. The number of carbonyl (C=O) groups is 1. The molecule has 2 aromatic carbocycles. The van der Waals surface area contributed by atoms with Crippen LogP contribution in [-0.2, 0) is 0 Å². The molecule has 0 radical (unpaired) electrons. The van der Waals surface area contributed by atoms with Crippen molar-refractivity contribution in [2.45, 2.75) is 0 Å². The van der Waals surface area contributed by atoms with Gasteiger partial charge in [0.15, 0.2) is 0 Å². The van der Waals surface area contributed by atoms with E-state index in [2.05, 4.69) is 0 Å². The first kappa shape index (κ1) is 9.80. The van der Waals surface area contributed by atoms with E-state index in [1.54, 1.807) is 12.1 Å². The van der Waals surface area contributed by atoms with Gasteiger partial charge in [0.05, 0.1) is 5.56 Å². The molecule has 2 N–H and O–H groups in total. The highest BCUT2D eigenvalue weighted by Gasteiger charge is 2.12. The molecule has 0 spiro atoms. The standard InChI is InChI=1S/C11H7ClO3/c12-8-4-5-9(13)6-2-1-3-7(10(6)8)11(14)15/h1-5,13H,(H,14,15). The number of benzene rings is 2. The molecule has 76 valence electrons. The summed E-state index contributed by atoms with van der Waals surface area (Å²) < 4.78 is 0. The van der Waals surface area contributed by atoms with Crippen molar-refractivity contribution in [2.24, 2.45) is 0 Å². The molecule has 4 heteroatoms. The monoisotopic (exact) mass is 222 g/mol. The second-order valence-corrected chi connectivity index (χ2v) is 3.51. The zero-order valence-corrected chi connectivity index (χ0v) is 8.32. The first-order chi connectivity index (χ1) is 7.11. The third-order valence-electron chi connectivity index (χ3n) is 2.20. The van der Waals surface area contributed by atoms with Crippen LogP contribution in [0, 0.1) is 0 Å². The minimum absolute atomic E-state index is 0.0255. The van der Waals surface area contributed by atoms with E-state index in [0.29, 0.717) is 15.8 Å². The van der Waals surface area contributed by atoms with Crippen LogP contribution in [0.15, 0.2) is 30.3 Å². The van der Waals surface area contributed by atoms with Crippen LogP contribution in [0.1, 0.15) is 10.4 Å². The van der Waals surface area contributed by atoms with Crippen LogP contribution in [0.4, 0.5) is 0 Å². The maximum atomic E-state index is 10.9. The number of phenols is 1. The van der Waals surface area contributed by atoms with Gasteiger partial charge in [0.1, 0.15) is 5.75 Å². The van der Waals surface area contributed by atoms with Crippen molar-refractivity contribution in [1.29, 1.82) is 0 Å². The lowest BCUT2D eigenvalue weighted by molar-refractivity contribution is 0.0699. The third kappa shape index (κ3) is 1.51. The van der Waals surface area contributed by atoms with Crippen LogP contribution in [0.3, 0.4) is 0 Å². The lowest BCUT2D eigenvalue weighted by Gasteiger charge is -2.05. The van der Waals surface area contributed by atoms with Crippen molar-refractivity contribution in [3.63, 3.8) is 0 Å². The van der Waals surface area contributed by atoms with Crippen molar-refractivity contribution >= 4 is 28.3 Å². The lowest BCUT2D eigenvalue weighted by atomic mass is 10.0. The van der Waals surface area contributed by atoms with Gasteiger partial charge in [-0.05, 0) is 18.2 Å². The van der Waals surface area contributed by atoms with E-state index in [1.807, 2.05) is 0 Å². The molecule has 15 heavy (non-hydrogen) atoms. The van der Waals surface area contributed by atoms with Gasteiger partial charge in [-0.3, -0.25) is 0 Å². The van der Waals surface area contributed by atoms with Crippen LogP contribution in [0.2, 0.25) is 5.02 Å². The Kier molecular flexibility index (Phi) is 2.25. The van der Waals surface area contributed by atoms with Crippen molar-refractivity contribution in [1.82, 2.24) is 0 Å². The summed E-state index contributed by atoms with van der Waals surface area (Å²) in [6.07, 6.45) is 0. The average Bonchev–Trinajstić information content (AvgIpc) is 2.23. The predicted octanol–water partition coefficient (Wildman–Crippen LogP) is 2.90. The second-order valence-electron chi connectivity index (χ2n) is 3.10. The fourth-order valence-corrected chi connectivity index (χ4v) is 1.79. The quantitative estimate of drug-likeness (QED) is 0.780. The fraction of sp³-hybridized carbons (Fsp3) is 0. The van der Waals surface area contributed by atoms with Gasteiger partial charge >= 0.3 is 5.97 Å². The Morgan fingerprint density at radius 3 is 2.60 bits per heavy atom. The molecule has 0 aromatic heterocycles. The zero-order valence-electron chi connectivity index (χ0n) is 7.57. The average molecular weight is 223 g/mol. The molecule has 0 aliphatic rings. The van der Waals surface area contributed by atoms with Crippen LogP contribution < -0.4 is 0 Å². The molecule has 0 atom stereocenters. The van der Waals surface area contributed by atoms with Gasteiger partial charge in [-0.1, -0.05) is 23.7 Å². The number of halogens is 1. The van der Waals surface area contributed by atoms with Crippen LogP contribution >= 0.6 is 11.6 Å². The number of fused-ring (bicyclic) bond motifs is 1. The molecule has 0 bridgehead atoms. The van der Waals surface area contributed by atoms with E-state index < -0.39 is 5.97 Å². The number of rotatable bonds is 1. The van der Waals surface area contributed by atoms with Crippen LogP contribution in [0.5, 0.6) is 5.75 Å². The van der Waals surface area contributed by atoms with Crippen molar-refractivity contribution < 1.29 is 15.0 Å². The molecular formula is C11H7ClO3. The van der Waals surface area contributed by atoms with Gasteiger partial charge in [-0.25, -0.2) is 4.79 Å². The fourth-order valence-electron chi connectivity index (χ4n) is 1.53. The smallest absolute Gasteiger partial charge is 0.336 e. The van der Waals surface area contributed by atoms with E-state index in [0.717, 1.165) is 0 Å². The number of carboxylic acids is 1. The Hall–Kier alpha value is -1.74. The molecular weight excluding hydrogens is 216 g/mol. The highest BCUT2D eigenvalue weighted by Crippen LogP contribution is 2.32. The third-order valence-corrected chi connectivity index (χ3v) is 2.51. The molecule has 0 saturated carbocycles. The molecule has 0 fully saturated rings. The van der Waals surface area contributed by atoms with Gasteiger partial charge in [-0.2, -0.15) is 0 Å². The summed E-state index contributed by atoms with van der Waals surface area (Å²) in [5.41, 5.74) is 0.0911. The molecule has 0 saturated heterocycles. The Morgan fingerprint density at radius 2 is 1.93 bits per heavy atom. The summed E-state index contributed by atoms with van der Waals surface area (Å²) in [6.45, 7) is 0. The zero-order chi connectivity index (χ0) is 11.0. The summed E-state index contributed by atoms with van der Waals surface area (Å²) in [4.78, 5) is 10.9. The maximum Gasteiger partial charge on any atom is 0.336 e. The first-order valence-electron chi connectivity index (χ1n) is 4.25. The molecule has 0 amide bonds. The summed E-state index contributed by atoms with van der Waals surface area (Å²) in [7, 11) is 0. The normalized spacial score (nSPS) is 10.5. The second kappa shape index (κ2) is 3.44. The van der Waals surface area contributed by atoms with Crippen LogP contribution in [-0.4, -0.2) is 16.2 Å². The summed E-state index contributed by atoms with van der Waals surface area (Å²) in [5, 5.41) is 19.6. The minimum atomic E-state index is -1.06. The summed E-state index contributed by atoms with van der Waals surface area (Å²) in [6, 6.07) is 7.57. The first-order valence-corrected chi connectivity index (χ1v) is 4.62. The lowest BCUT2D eigenvalue weighted by Crippen LogP contribution is -1.97. The van der Waals surface area contributed by atoms with Crippen molar-refractivity contribution in [3.05, 3.63) is 40.9 Å². The Morgan fingerprint density at radius 1 is 1.20 bits per heavy atom. The van der Waals surface area contributed by atoms with E-state index in [-0.39, 0.29) is 11.3 Å². The molecule has 0 heterocycles. The van der Waals surface area contributed by atoms with Gasteiger partial charge in [-0.15, -0.1) is 0 Å². The van der Waals surface area contributed by atoms with E-state index in [1.165, 1.54) is 18.2 Å². The maximum absolute atomic E-state index is 10.9. The number of phenolic OH excluding ortho intramolecular Hbond substituents is 1. The molecule has 3 nitrogen and oxygen atoms in total. The van der Waals surface area contributed by atoms with Crippen molar-refractivity contribution in [3.8, 4) is 5.75 Å². The number of carboxylic acid groups (broad SMARTS) is 1. The Balaban J connectivity index is 2.96.